The Kier molecular flexibility index (Phi) is 6.54. The van der Waals surface area contributed by atoms with Gasteiger partial charge in [-0.3, -0.25) is 0 Å². The van der Waals surface area contributed by atoms with Crippen molar-refractivity contribution in [1.82, 2.24) is 5.32 Å². The van der Waals surface area contributed by atoms with Gasteiger partial charge in [0.1, 0.15) is 0 Å². The molecule has 0 spiro atoms. The van der Waals surface area contributed by atoms with E-state index in [2.05, 4.69) is 5.32 Å². The fraction of sp³-hybridized carbons (Fsp3) is 0.200. The number of nitrogens with two attached hydrogens (primary N) is 1. The highest BCUT2D eigenvalue weighted by Gasteiger charge is 2.30. The molecule has 2 aromatic carbocycles. The van der Waals surface area contributed by atoms with Crippen LogP contribution in [-0.2, 0) is 0 Å². The molecule has 0 bridgehead atoms. The summed E-state index contributed by atoms with van der Waals surface area (Å²) in [6.45, 7) is 3.89. The molecular formula is C20H20ClF3N2S. The quantitative estimate of drug-likeness (QED) is 0.604. The minimum atomic E-state index is -4.29. The van der Waals surface area contributed by atoms with Crippen LogP contribution in [0.15, 0.2) is 76.6 Å². The first-order chi connectivity index (χ1) is 12.3. The van der Waals surface area contributed by atoms with E-state index in [1.165, 1.54) is 12.1 Å². The van der Waals surface area contributed by atoms with Gasteiger partial charge >= 0.3 is 5.51 Å². The zero-order valence-electron chi connectivity index (χ0n) is 14.8. The van der Waals surface area contributed by atoms with Gasteiger partial charge in [0, 0.05) is 22.0 Å². The average molecular weight is 413 g/mol. The van der Waals surface area contributed by atoms with Crippen LogP contribution in [0.1, 0.15) is 30.9 Å². The molecule has 0 saturated heterocycles. The van der Waals surface area contributed by atoms with Crippen molar-refractivity contribution >= 4 is 29.7 Å². The summed E-state index contributed by atoms with van der Waals surface area (Å²) in [5.41, 5.74) is 7.54. The predicted octanol–water partition coefficient (Wildman–Crippen LogP) is 6.03. The van der Waals surface area contributed by atoms with E-state index in [4.69, 9.17) is 5.73 Å². The lowest BCUT2D eigenvalue weighted by Gasteiger charge is -2.31. The molecule has 0 amide bonds. The molecule has 1 heterocycles. The van der Waals surface area contributed by atoms with Gasteiger partial charge in [-0.2, -0.15) is 13.2 Å². The molecule has 27 heavy (non-hydrogen) atoms. The number of rotatable bonds is 3. The van der Waals surface area contributed by atoms with Crippen molar-refractivity contribution in [2.75, 3.05) is 0 Å². The number of hydrogen-bond donors (Lipinski definition) is 2. The minimum absolute atomic E-state index is 0. The van der Waals surface area contributed by atoms with Crippen molar-refractivity contribution in [2.45, 2.75) is 30.2 Å². The average Bonchev–Trinajstić information content (AvgIpc) is 2.58. The second-order valence-corrected chi connectivity index (χ2v) is 7.30. The van der Waals surface area contributed by atoms with E-state index in [0.717, 1.165) is 28.1 Å². The Balaban J connectivity index is 0.00000261. The van der Waals surface area contributed by atoms with Gasteiger partial charge in [-0.25, -0.2) is 0 Å². The van der Waals surface area contributed by atoms with Crippen molar-refractivity contribution < 1.29 is 13.2 Å². The topological polar surface area (TPSA) is 38.0 Å². The Labute approximate surface area is 167 Å². The number of allylic oxidation sites excluding steroid dienone is 3. The molecular weight excluding hydrogens is 393 g/mol. The molecule has 3 rings (SSSR count). The molecule has 0 aliphatic carbocycles. The third kappa shape index (κ3) is 4.82. The molecule has 1 atom stereocenters. The van der Waals surface area contributed by atoms with E-state index in [1.807, 2.05) is 44.2 Å². The van der Waals surface area contributed by atoms with Crippen LogP contribution in [0.4, 0.5) is 13.2 Å². The summed E-state index contributed by atoms with van der Waals surface area (Å²) in [6.07, 6.45) is 0. The molecule has 1 aliphatic rings. The minimum Gasteiger partial charge on any atom is -0.400 e. The maximum atomic E-state index is 12.6. The van der Waals surface area contributed by atoms with Crippen LogP contribution in [0.2, 0.25) is 0 Å². The number of alkyl halides is 3. The number of nitrogens with one attached hydrogen (secondary N) is 1. The smallest absolute Gasteiger partial charge is 0.400 e. The van der Waals surface area contributed by atoms with Gasteiger partial charge in [0.05, 0.1) is 5.92 Å². The number of benzene rings is 2. The molecule has 3 N–H and O–H groups in total. The number of thioether (sulfide) groups is 1. The van der Waals surface area contributed by atoms with Gasteiger partial charge in [0.15, 0.2) is 0 Å². The van der Waals surface area contributed by atoms with Crippen LogP contribution in [0.5, 0.6) is 0 Å². The summed E-state index contributed by atoms with van der Waals surface area (Å²) in [6, 6.07) is 16.3. The van der Waals surface area contributed by atoms with Gasteiger partial charge in [-0.15, -0.1) is 12.4 Å². The number of halogens is 4. The lowest BCUT2D eigenvalue weighted by Crippen LogP contribution is -2.27. The first-order valence-corrected chi connectivity index (χ1v) is 8.93. The van der Waals surface area contributed by atoms with Crippen molar-refractivity contribution in [3.05, 3.63) is 82.8 Å². The van der Waals surface area contributed by atoms with Gasteiger partial charge in [0.25, 0.3) is 0 Å². The lowest BCUT2D eigenvalue weighted by molar-refractivity contribution is -0.0328. The highest BCUT2D eigenvalue weighted by Crippen LogP contribution is 2.42. The Morgan fingerprint density at radius 2 is 1.52 bits per heavy atom. The molecule has 2 nitrogen and oxygen atoms in total. The van der Waals surface area contributed by atoms with Crippen LogP contribution in [0.3, 0.4) is 0 Å². The van der Waals surface area contributed by atoms with Crippen LogP contribution in [0.25, 0.3) is 5.57 Å². The molecule has 7 heteroatoms. The summed E-state index contributed by atoms with van der Waals surface area (Å²) in [7, 11) is 0. The Morgan fingerprint density at radius 1 is 0.926 bits per heavy atom. The maximum Gasteiger partial charge on any atom is 0.446 e. The van der Waals surface area contributed by atoms with Crippen molar-refractivity contribution in [2.24, 2.45) is 5.73 Å². The standard InChI is InChI=1S/C20H19F3N2S.ClH/c1-12-17(14-6-4-3-5-7-14)18(19(24)13(2)25-12)15-8-10-16(11-9-15)26-20(21,22)23;/h3-11,18,25H,24H2,1-2H3;1H. The SMILES string of the molecule is CC1=C(N)C(c2ccc(SC(F)(F)F)cc2)C(c2ccccc2)=C(C)N1.Cl. The molecule has 0 aromatic heterocycles. The third-order valence-corrected chi connectivity index (χ3v) is 5.08. The number of hydrogen-bond acceptors (Lipinski definition) is 3. The monoisotopic (exact) mass is 412 g/mol. The van der Waals surface area contributed by atoms with Crippen LogP contribution < -0.4 is 11.1 Å². The molecule has 0 saturated carbocycles. The largest absolute Gasteiger partial charge is 0.446 e. The lowest BCUT2D eigenvalue weighted by atomic mass is 9.81. The molecule has 0 fully saturated rings. The zero-order valence-corrected chi connectivity index (χ0v) is 16.4. The van der Waals surface area contributed by atoms with Gasteiger partial charge in [0.2, 0.25) is 0 Å². The molecule has 0 radical (unpaired) electrons. The summed E-state index contributed by atoms with van der Waals surface area (Å²) in [4.78, 5) is 0.163. The summed E-state index contributed by atoms with van der Waals surface area (Å²) in [5, 5.41) is 3.30. The molecule has 144 valence electrons. The molecule has 1 unspecified atom stereocenters. The second-order valence-electron chi connectivity index (χ2n) is 6.16. The van der Waals surface area contributed by atoms with Gasteiger partial charge < -0.3 is 11.1 Å². The van der Waals surface area contributed by atoms with Gasteiger partial charge in [-0.1, -0.05) is 42.5 Å². The van der Waals surface area contributed by atoms with Crippen LogP contribution >= 0.6 is 24.2 Å². The summed E-state index contributed by atoms with van der Waals surface area (Å²) >= 11 is -0.112. The van der Waals surface area contributed by atoms with Gasteiger partial charge in [-0.05, 0) is 54.4 Å². The highest BCUT2D eigenvalue weighted by atomic mass is 35.5. The summed E-state index contributed by atoms with van der Waals surface area (Å²) < 4.78 is 37.7. The maximum absolute atomic E-state index is 12.6. The van der Waals surface area contributed by atoms with Crippen LogP contribution in [0, 0.1) is 0 Å². The van der Waals surface area contributed by atoms with Crippen LogP contribution in [-0.4, -0.2) is 5.51 Å². The molecule has 2 aromatic rings. The third-order valence-electron chi connectivity index (χ3n) is 4.34. The van der Waals surface area contributed by atoms with E-state index in [0.29, 0.717) is 5.70 Å². The first-order valence-electron chi connectivity index (χ1n) is 8.11. The Morgan fingerprint density at radius 3 is 2.07 bits per heavy atom. The highest BCUT2D eigenvalue weighted by molar-refractivity contribution is 8.00. The Bertz CT molecular complexity index is 859. The van der Waals surface area contributed by atoms with Crippen molar-refractivity contribution in [1.29, 1.82) is 0 Å². The van der Waals surface area contributed by atoms with E-state index < -0.39 is 5.51 Å². The van der Waals surface area contributed by atoms with E-state index in [1.54, 1.807) is 12.1 Å². The Hall–Kier alpha value is -2.05. The zero-order chi connectivity index (χ0) is 18.9. The van der Waals surface area contributed by atoms with E-state index in [-0.39, 0.29) is 35.0 Å². The van der Waals surface area contributed by atoms with E-state index in [9.17, 15) is 13.2 Å². The number of dihydropyridines is 1. The fourth-order valence-electron chi connectivity index (χ4n) is 3.22. The predicted molar refractivity (Wildman–Crippen MR) is 107 cm³/mol. The normalized spacial score (nSPS) is 17.4. The van der Waals surface area contributed by atoms with Crippen molar-refractivity contribution in [3.8, 4) is 0 Å². The molecule has 1 aliphatic heterocycles. The van der Waals surface area contributed by atoms with Crippen molar-refractivity contribution in [3.63, 3.8) is 0 Å². The summed E-state index contributed by atoms with van der Waals surface area (Å²) in [5.74, 6) is -0.205. The first kappa shape index (κ1) is 21.3. The fourth-order valence-corrected chi connectivity index (χ4v) is 3.76. The van der Waals surface area contributed by atoms with E-state index >= 15 is 0 Å². The second kappa shape index (κ2) is 8.31.